The maximum Gasteiger partial charge on any atom is 0.306 e. The lowest BCUT2D eigenvalue weighted by Gasteiger charge is -2.36. The summed E-state index contributed by atoms with van der Waals surface area (Å²) in [5.74, 6) is -0.694. The molecule has 16 heavy (non-hydrogen) atoms. The summed E-state index contributed by atoms with van der Waals surface area (Å²) in [5, 5.41) is 8.98. The van der Waals surface area contributed by atoms with Crippen molar-refractivity contribution in [2.24, 2.45) is 17.1 Å². The van der Waals surface area contributed by atoms with E-state index in [2.05, 4.69) is 4.90 Å². The van der Waals surface area contributed by atoms with Crippen LogP contribution in [0.2, 0.25) is 0 Å². The lowest BCUT2D eigenvalue weighted by molar-refractivity contribution is -0.143. The molecule has 0 amide bonds. The Hall–Kier alpha value is -0.610. The molecular weight excluding hydrogens is 204 g/mol. The Morgan fingerprint density at radius 2 is 2.06 bits per heavy atom. The number of carboxylic acid groups (broad SMARTS) is 1. The van der Waals surface area contributed by atoms with Crippen LogP contribution in [-0.4, -0.2) is 42.2 Å². The van der Waals surface area contributed by atoms with Gasteiger partial charge in [0.1, 0.15) is 0 Å². The van der Waals surface area contributed by atoms with Crippen LogP contribution in [0.25, 0.3) is 0 Å². The van der Waals surface area contributed by atoms with Crippen LogP contribution in [0.15, 0.2) is 0 Å². The summed E-state index contributed by atoms with van der Waals surface area (Å²) in [6.45, 7) is 4.00. The van der Waals surface area contributed by atoms with E-state index in [1.807, 2.05) is 0 Å². The SMILES string of the molecule is NCCN1CCC2(CCC(C(=O)O)CC2)C1. The van der Waals surface area contributed by atoms with Crippen molar-refractivity contribution in [1.29, 1.82) is 0 Å². The van der Waals surface area contributed by atoms with E-state index in [0.717, 1.165) is 51.9 Å². The molecule has 1 aliphatic carbocycles. The zero-order chi connectivity index (χ0) is 11.6. The van der Waals surface area contributed by atoms with E-state index in [9.17, 15) is 4.79 Å². The Bertz CT molecular complexity index is 260. The van der Waals surface area contributed by atoms with E-state index in [1.165, 1.54) is 6.42 Å². The largest absolute Gasteiger partial charge is 0.481 e. The third kappa shape index (κ3) is 2.38. The van der Waals surface area contributed by atoms with Crippen LogP contribution in [0, 0.1) is 11.3 Å². The van der Waals surface area contributed by atoms with Gasteiger partial charge in [-0.1, -0.05) is 0 Å². The van der Waals surface area contributed by atoms with E-state index in [4.69, 9.17) is 10.8 Å². The summed E-state index contributed by atoms with van der Waals surface area (Å²) >= 11 is 0. The van der Waals surface area contributed by atoms with Crippen LogP contribution < -0.4 is 5.73 Å². The number of hydrogen-bond acceptors (Lipinski definition) is 3. The molecule has 0 atom stereocenters. The Balaban J connectivity index is 1.86. The molecule has 4 nitrogen and oxygen atoms in total. The second-order valence-electron chi connectivity index (χ2n) is 5.43. The van der Waals surface area contributed by atoms with E-state index in [-0.39, 0.29) is 5.92 Å². The first kappa shape index (κ1) is 11.9. The highest BCUT2D eigenvalue weighted by Gasteiger charge is 2.41. The van der Waals surface area contributed by atoms with Crippen LogP contribution in [0.1, 0.15) is 32.1 Å². The van der Waals surface area contributed by atoms with Crippen LogP contribution in [-0.2, 0) is 4.79 Å². The van der Waals surface area contributed by atoms with Crippen molar-refractivity contribution in [3.63, 3.8) is 0 Å². The van der Waals surface area contributed by atoms with Crippen molar-refractivity contribution in [3.05, 3.63) is 0 Å². The van der Waals surface area contributed by atoms with Crippen molar-refractivity contribution in [1.82, 2.24) is 4.90 Å². The molecule has 92 valence electrons. The average molecular weight is 226 g/mol. The number of rotatable bonds is 3. The molecule has 1 aliphatic heterocycles. The number of nitrogens with two attached hydrogens (primary N) is 1. The van der Waals surface area contributed by atoms with E-state index >= 15 is 0 Å². The molecule has 2 rings (SSSR count). The van der Waals surface area contributed by atoms with Crippen molar-refractivity contribution >= 4 is 5.97 Å². The first-order chi connectivity index (χ1) is 7.65. The molecule has 1 saturated carbocycles. The van der Waals surface area contributed by atoms with Gasteiger partial charge >= 0.3 is 5.97 Å². The van der Waals surface area contributed by atoms with Crippen LogP contribution in [0.4, 0.5) is 0 Å². The third-order valence-electron chi connectivity index (χ3n) is 4.36. The molecular formula is C12H22N2O2. The Morgan fingerprint density at radius 1 is 1.38 bits per heavy atom. The molecule has 0 unspecified atom stereocenters. The highest BCUT2D eigenvalue weighted by Crippen LogP contribution is 2.45. The third-order valence-corrected chi connectivity index (χ3v) is 4.36. The maximum absolute atomic E-state index is 10.9. The number of carboxylic acids is 1. The fourth-order valence-corrected chi connectivity index (χ4v) is 3.29. The highest BCUT2D eigenvalue weighted by molar-refractivity contribution is 5.70. The molecule has 4 heteroatoms. The highest BCUT2D eigenvalue weighted by atomic mass is 16.4. The molecule has 1 saturated heterocycles. The van der Waals surface area contributed by atoms with Gasteiger partial charge in [-0.3, -0.25) is 4.79 Å². The molecule has 0 aromatic rings. The lowest BCUT2D eigenvalue weighted by Crippen LogP contribution is -2.34. The Morgan fingerprint density at radius 3 is 2.62 bits per heavy atom. The van der Waals surface area contributed by atoms with Gasteiger partial charge in [0.2, 0.25) is 0 Å². The second kappa shape index (κ2) is 4.72. The quantitative estimate of drug-likeness (QED) is 0.750. The summed E-state index contributed by atoms with van der Waals surface area (Å²) in [7, 11) is 0. The monoisotopic (exact) mass is 226 g/mol. The minimum Gasteiger partial charge on any atom is -0.481 e. The molecule has 0 aromatic carbocycles. The van der Waals surface area contributed by atoms with Gasteiger partial charge in [0.05, 0.1) is 5.92 Å². The van der Waals surface area contributed by atoms with Crippen LogP contribution in [0.3, 0.4) is 0 Å². The number of carbonyl (C=O) groups is 1. The number of likely N-dealkylation sites (tertiary alicyclic amines) is 1. The standard InChI is InChI=1S/C12H22N2O2/c13-6-8-14-7-5-12(9-14)3-1-10(2-4-12)11(15)16/h10H,1-9,13H2,(H,15,16). The van der Waals surface area contributed by atoms with Gasteiger partial charge < -0.3 is 15.7 Å². The molecule has 3 N–H and O–H groups in total. The topological polar surface area (TPSA) is 66.6 Å². The van der Waals surface area contributed by atoms with Gasteiger partial charge in [0.25, 0.3) is 0 Å². The molecule has 0 radical (unpaired) electrons. The lowest BCUT2D eigenvalue weighted by atomic mass is 9.70. The normalized spacial score (nSPS) is 35.7. The van der Waals surface area contributed by atoms with Gasteiger partial charge in [-0.2, -0.15) is 0 Å². The van der Waals surface area contributed by atoms with Crippen LogP contribution in [0.5, 0.6) is 0 Å². The molecule has 1 heterocycles. The minimum atomic E-state index is -0.605. The van der Waals surface area contributed by atoms with Gasteiger partial charge in [-0.15, -0.1) is 0 Å². The first-order valence-corrected chi connectivity index (χ1v) is 6.30. The first-order valence-electron chi connectivity index (χ1n) is 6.30. The second-order valence-corrected chi connectivity index (χ2v) is 5.43. The fourth-order valence-electron chi connectivity index (χ4n) is 3.29. The Kier molecular flexibility index (Phi) is 3.50. The summed E-state index contributed by atoms with van der Waals surface area (Å²) in [6.07, 6.45) is 5.15. The summed E-state index contributed by atoms with van der Waals surface area (Å²) in [4.78, 5) is 13.3. The van der Waals surface area contributed by atoms with E-state index in [1.54, 1.807) is 0 Å². The van der Waals surface area contributed by atoms with Gasteiger partial charge in [0, 0.05) is 19.6 Å². The number of hydrogen-bond donors (Lipinski definition) is 2. The predicted octanol–water partition coefficient (Wildman–Crippen LogP) is 0.912. The molecule has 0 aromatic heterocycles. The average Bonchev–Trinajstić information content (AvgIpc) is 2.63. The Labute approximate surface area is 96.8 Å². The molecule has 2 aliphatic rings. The fraction of sp³-hybridized carbons (Fsp3) is 0.917. The van der Waals surface area contributed by atoms with E-state index < -0.39 is 5.97 Å². The smallest absolute Gasteiger partial charge is 0.306 e. The molecule has 0 bridgehead atoms. The molecule has 1 spiro atoms. The zero-order valence-electron chi connectivity index (χ0n) is 9.82. The summed E-state index contributed by atoms with van der Waals surface area (Å²) in [5.41, 5.74) is 5.99. The van der Waals surface area contributed by atoms with Crippen molar-refractivity contribution in [3.8, 4) is 0 Å². The van der Waals surface area contributed by atoms with Crippen molar-refractivity contribution in [2.45, 2.75) is 32.1 Å². The van der Waals surface area contributed by atoms with Gasteiger partial charge in [-0.25, -0.2) is 0 Å². The van der Waals surface area contributed by atoms with Crippen molar-refractivity contribution < 1.29 is 9.90 Å². The summed E-state index contributed by atoms with van der Waals surface area (Å²) in [6, 6.07) is 0. The van der Waals surface area contributed by atoms with Gasteiger partial charge in [0.15, 0.2) is 0 Å². The van der Waals surface area contributed by atoms with Gasteiger partial charge in [-0.05, 0) is 44.1 Å². The van der Waals surface area contributed by atoms with Crippen molar-refractivity contribution in [2.75, 3.05) is 26.2 Å². The maximum atomic E-state index is 10.9. The van der Waals surface area contributed by atoms with E-state index in [0.29, 0.717) is 5.41 Å². The zero-order valence-corrected chi connectivity index (χ0v) is 9.82. The predicted molar refractivity (Wildman–Crippen MR) is 62.1 cm³/mol. The minimum absolute atomic E-state index is 0.0887. The summed E-state index contributed by atoms with van der Waals surface area (Å²) < 4.78 is 0. The van der Waals surface area contributed by atoms with Crippen LogP contribution >= 0.6 is 0 Å². The number of aliphatic carboxylic acids is 1. The molecule has 2 fully saturated rings. The number of nitrogens with zero attached hydrogens (tertiary/aromatic N) is 1.